The lowest BCUT2D eigenvalue weighted by Crippen LogP contribution is -2.48. The number of anilines is 3. The zero-order chi connectivity index (χ0) is 31.3. The van der Waals surface area contributed by atoms with Gasteiger partial charge in [0.1, 0.15) is 11.0 Å². The first-order valence-electron chi connectivity index (χ1n) is 14.6. The molecule has 45 heavy (non-hydrogen) atoms. The molecule has 0 N–H and O–H groups in total. The molecule has 0 spiro atoms. The summed E-state index contributed by atoms with van der Waals surface area (Å²) in [4.78, 5) is 41.4. The summed E-state index contributed by atoms with van der Waals surface area (Å²) in [6.07, 6.45) is 0. The molecule has 0 atom stereocenters. The van der Waals surface area contributed by atoms with Gasteiger partial charge in [-0.25, -0.2) is 9.97 Å². The molecule has 6 rings (SSSR count). The number of carbonyl (C=O) groups excluding carboxylic acids is 1. The highest BCUT2D eigenvalue weighted by Crippen LogP contribution is 2.27. The minimum Gasteiger partial charge on any atom is -0.368 e. The molecule has 232 valence electrons. The monoisotopic (exact) mass is 663 g/mol. The van der Waals surface area contributed by atoms with Gasteiger partial charge in [-0.3, -0.25) is 14.9 Å². The Morgan fingerprint density at radius 1 is 0.778 bits per heavy atom. The standard InChI is InChI=1S/C32H31Cl2N7O3S/c33-25-2-1-3-28(20-25)38-12-16-39(17-13-38)30-21-29(34)35-32(36-30)45-22-23-4-6-24(7-5-23)31(42)40-18-14-37(15-19-40)26-8-10-27(11-9-26)41(43)44/h1-11,20-21H,12-19,22H2. The fourth-order valence-electron chi connectivity index (χ4n) is 5.51. The number of benzene rings is 3. The Bertz CT molecular complexity index is 1660. The maximum Gasteiger partial charge on any atom is 0.269 e. The number of nitro groups is 1. The fraction of sp³-hybridized carbons (Fsp3) is 0.281. The van der Waals surface area contributed by atoms with Crippen LogP contribution in [0.1, 0.15) is 15.9 Å². The normalized spacial score (nSPS) is 15.3. The Morgan fingerprint density at radius 2 is 1.42 bits per heavy atom. The average Bonchev–Trinajstić information content (AvgIpc) is 3.07. The van der Waals surface area contributed by atoms with Crippen molar-refractivity contribution in [1.82, 2.24) is 14.9 Å². The predicted molar refractivity (Wildman–Crippen MR) is 180 cm³/mol. The number of nitro benzene ring substituents is 1. The van der Waals surface area contributed by atoms with E-state index in [1.165, 1.54) is 23.9 Å². The van der Waals surface area contributed by atoms with Gasteiger partial charge in [0.2, 0.25) is 0 Å². The van der Waals surface area contributed by atoms with Gasteiger partial charge in [-0.1, -0.05) is 53.2 Å². The lowest BCUT2D eigenvalue weighted by Gasteiger charge is -2.36. The molecule has 0 radical (unpaired) electrons. The zero-order valence-electron chi connectivity index (χ0n) is 24.4. The predicted octanol–water partition coefficient (Wildman–Crippen LogP) is 6.27. The van der Waals surface area contributed by atoms with Crippen molar-refractivity contribution < 1.29 is 9.72 Å². The summed E-state index contributed by atoms with van der Waals surface area (Å²) < 4.78 is 0. The molecule has 0 unspecified atom stereocenters. The summed E-state index contributed by atoms with van der Waals surface area (Å²) in [5.74, 6) is 1.46. The fourth-order valence-corrected chi connectivity index (χ4v) is 6.73. The van der Waals surface area contributed by atoms with Crippen molar-refractivity contribution in [3.8, 4) is 0 Å². The van der Waals surface area contributed by atoms with Crippen molar-refractivity contribution in [3.63, 3.8) is 0 Å². The van der Waals surface area contributed by atoms with Gasteiger partial charge in [-0.15, -0.1) is 0 Å². The Hall–Kier alpha value is -4.06. The van der Waals surface area contributed by atoms with Gasteiger partial charge in [0.25, 0.3) is 11.6 Å². The van der Waals surface area contributed by atoms with Gasteiger partial charge in [0, 0.05) is 98.3 Å². The van der Waals surface area contributed by atoms with E-state index in [0.29, 0.717) is 47.8 Å². The molecule has 0 aliphatic carbocycles. The van der Waals surface area contributed by atoms with Crippen molar-refractivity contribution in [2.24, 2.45) is 0 Å². The first-order chi connectivity index (χ1) is 21.8. The number of hydrogen-bond acceptors (Lipinski definition) is 9. The number of piperazine rings is 2. The summed E-state index contributed by atoms with van der Waals surface area (Å²) in [5.41, 5.74) is 3.81. The number of amides is 1. The number of hydrogen-bond donors (Lipinski definition) is 0. The maximum atomic E-state index is 13.2. The molecule has 0 saturated carbocycles. The SMILES string of the molecule is O=C(c1ccc(CSc2nc(Cl)cc(N3CCN(c4cccc(Cl)c4)CC3)n2)cc1)N1CCN(c2ccc([N+](=O)[O-])cc2)CC1. The van der Waals surface area contributed by atoms with E-state index in [2.05, 4.69) is 25.8 Å². The molecule has 1 amide bonds. The van der Waals surface area contributed by atoms with E-state index in [0.717, 1.165) is 54.0 Å². The quantitative estimate of drug-likeness (QED) is 0.0710. The van der Waals surface area contributed by atoms with Crippen LogP contribution in [0.5, 0.6) is 0 Å². The van der Waals surface area contributed by atoms with Crippen molar-refractivity contribution in [2.75, 3.05) is 67.1 Å². The largest absolute Gasteiger partial charge is 0.368 e. The van der Waals surface area contributed by atoms with Gasteiger partial charge >= 0.3 is 0 Å². The van der Waals surface area contributed by atoms with E-state index >= 15 is 0 Å². The maximum absolute atomic E-state index is 13.2. The van der Waals surface area contributed by atoms with Crippen LogP contribution >= 0.6 is 35.0 Å². The minimum absolute atomic E-state index is 0.00386. The number of rotatable bonds is 8. The molecule has 13 heteroatoms. The van der Waals surface area contributed by atoms with Crippen molar-refractivity contribution in [1.29, 1.82) is 0 Å². The molecule has 2 aliphatic rings. The highest BCUT2D eigenvalue weighted by Gasteiger charge is 2.23. The van der Waals surface area contributed by atoms with Gasteiger partial charge in [-0.2, -0.15) is 0 Å². The van der Waals surface area contributed by atoms with E-state index in [1.54, 1.807) is 12.1 Å². The third kappa shape index (κ3) is 7.61. The highest BCUT2D eigenvalue weighted by atomic mass is 35.5. The van der Waals surface area contributed by atoms with Crippen LogP contribution in [0, 0.1) is 10.1 Å². The molecule has 3 aromatic carbocycles. The first kappa shape index (κ1) is 30.9. The smallest absolute Gasteiger partial charge is 0.269 e. The van der Waals surface area contributed by atoms with E-state index in [-0.39, 0.29) is 11.6 Å². The zero-order valence-corrected chi connectivity index (χ0v) is 26.7. The van der Waals surface area contributed by atoms with Gasteiger partial charge in [0.15, 0.2) is 5.16 Å². The second-order valence-corrected chi connectivity index (χ2v) is 12.6. The molecule has 3 heterocycles. The van der Waals surface area contributed by atoms with Crippen LogP contribution < -0.4 is 14.7 Å². The third-order valence-corrected chi connectivity index (χ3v) is 9.35. The molecule has 2 saturated heterocycles. The first-order valence-corrected chi connectivity index (χ1v) is 16.4. The van der Waals surface area contributed by atoms with Gasteiger partial charge < -0.3 is 19.6 Å². The second kappa shape index (κ2) is 13.9. The minimum atomic E-state index is -0.404. The van der Waals surface area contributed by atoms with Crippen LogP contribution in [0.25, 0.3) is 0 Å². The van der Waals surface area contributed by atoms with Gasteiger partial charge in [0.05, 0.1) is 4.92 Å². The topological polar surface area (TPSA) is 99.0 Å². The Morgan fingerprint density at radius 3 is 2.09 bits per heavy atom. The third-order valence-electron chi connectivity index (χ3n) is 8.00. The molecular formula is C32H31Cl2N7O3S. The number of nitrogens with zero attached hydrogens (tertiary/aromatic N) is 7. The average molecular weight is 665 g/mol. The molecule has 10 nitrogen and oxygen atoms in total. The lowest BCUT2D eigenvalue weighted by molar-refractivity contribution is -0.384. The van der Waals surface area contributed by atoms with Crippen LogP contribution in [0.2, 0.25) is 10.2 Å². The summed E-state index contributed by atoms with van der Waals surface area (Å²) in [5, 5.41) is 12.7. The van der Waals surface area contributed by atoms with Crippen molar-refractivity contribution in [3.05, 3.63) is 110 Å². The number of aromatic nitrogens is 2. The van der Waals surface area contributed by atoms with E-state index in [9.17, 15) is 14.9 Å². The van der Waals surface area contributed by atoms with Gasteiger partial charge in [-0.05, 0) is 48.0 Å². The van der Waals surface area contributed by atoms with E-state index < -0.39 is 4.92 Å². The second-order valence-electron chi connectivity index (χ2n) is 10.8. The Labute approximate surface area is 275 Å². The van der Waals surface area contributed by atoms with Crippen molar-refractivity contribution >= 4 is 63.8 Å². The number of halogens is 2. The molecule has 2 aliphatic heterocycles. The summed E-state index contributed by atoms with van der Waals surface area (Å²) in [7, 11) is 0. The molecular weight excluding hydrogens is 633 g/mol. The lowest BCUT2D eigenvalue weighted by atomic mass is 10.1. The summed E-state index contributed by atoms with van der Waals surface area (Å²) in [6, 6.07) is 23.9. The number of carbonyl (C=O) groups is 1. The molecule has 1 aromatic heterocycles. The highest BCUT2D eigenvalue weighted by molar-refractivity contribution is 7.98. The van der Waals surface area contributed by atoms with Crippen LogP contribution in [0.4, 0.5) is 22.9 Å². The Balaban J connectivity index is 1.000. The van der Waals surface area contributed by atoms with Crippen LogP contribution in [0.15, 0.2) is 84.0 Å². The number of thioether (sulfide) groups is 1. The van der Waals surface area contributed by atoms with Crippen LogP contribution in [0.3, 0.4) is 0 Å². The van der Waals surface area contributed by atoms with E-state index in [1.807, 2.05) is 53.4 Å². The van der Waals surface area contributed by atoms with Crippen LogP contribution in [-0.2, 0) is 5.75 Å². The van der Waals surface area contributed by atoms with Crippen LogP contribution in [-0.4, -0.2) is 78.1 Å². The summed E-state index contributed by atoms with van der Waals surface area (Å²) >= 11 is 14.1. The van der Waals surface area contributed by atoms with Crippen molar-refractivity contribution in [2.45, 2.75) is 10.9 Å². The Kier molecular flexibility index (Phi) is 9.58. The molecule has 0 bridgehead atoms. The summed E-state index contributed by atoms with van der Waals surface area (Å²) in [6.45, 7) is 5.82. The number of non-ortho nitro benzene ring substituents is 1. The molecule has 4 aromatic rings. The molecule has 2 fully saturated rings. The van der Waals surface area contributed by atoms with E-state index in [4.69, 9.17) is 28.2 Å².